The van der Waals surface area contributed by atoms with Crippen molar-refractivity contribution >= 4 is 37.3 Å². The minimum absolute atomic E-state index is 0.162. The first-order valence-corrected chi connectivity index (χ1v) is 11.3. The summed E-state index contributed by atoms with van der Waals surface area (Å²) in [5, 5.41) is 0. The molecule has 7 nitrogen and oxygen atoms in total. The summed E-state index contributed by atoms with van der Waals surface area (Å²) in [6.45, 7) is 1.40. The smallest absolute Gasteiger partial charge is 0.279 e. The molecule has 1 aliphatic rings. The van der Waals surface area contributed by atoms with Crippen LogP contribution in [0, 0.1) is 6.92 Å². The zero-order chi connectivity index (χ0) is 21.6. The second kappa shape index (κ2) is 7.02. The van der Waals surface area contributed by atoms with Crippen LogP contribution in [0.4, 0.5) is 24.5 Å². The Morgan fingerprint density at radius 3 is 2.34 bits per heavy atom. The van der Waals surface area contributed by atoms with Crippen molar-refractivity contribution in [1.29, 1.82) is 0 Å². The number of carbonyl (C=O) groups is 1. The number of anilines is 2. The highest BCUT2D eigenvalue weighted by Gasteiger charge is 2.37. The SMILES string of the molecule is Cc1ccc(N2C(=O)CCS2(=O)=O)cc1S(=O)(=O)Nc1ccccc1C(F)(F)F. The van der Waals surface area contributed by atoms with Crippen LogP contribution in [-0.4, -0.2) is 28.5 Å². The van der Waals surface area contributed by atoms with E-state index in [1.807, 2.05) is 4.72 Å². The van der Waals surface area contributed by atoms with Gasteiger partial charge in [0.1, 0.15) is 0 Å². The van der Waals surface area contributed by atoms with Crippen molar-refractivity contribution in [3.63, 3.8) is 0 Å². The maximum atomic E-state index is 13.2. The van der Waals surface area contributed by atoms with Gasteiger partial charge in [-0.1, -0.05) is 18.2 Å². The van der Waals surface area contributed by atoms with Crippen LogP contribution in [0.15, 0.2) is 47.4 Å². The van der Waals surface area contributed by atoms with Gasteiger partial charge in [0, 0.05) is 6.42 Å². The summed E-state index contributed by atoms with van der Waals surface area (Å²) < 4.78 is 91.6. The highest BCUT2D eigenvalue weighted by molar-refractivity contribution is 7.94. The number of alkyl halides is 3. The molecule has 12 heteroatoms. The number of benzene rings is 2. The summed E-state index contributed by atoms with van der Waals surface area (Å²) in [5.74, 6) is -1.12. The molecule has 1 heterocycles. The first kappa shape index (κ1) is 21.1. The lowest BCUT2D eigenvalue weighted by atomic mass is 10.2. The standard InChI is InChI=1S/C17H15F3N2O5S2/c1-11-6-7-12(22-16(23)8-9-28(22,24)25)10-15(11)29(26,27)21-14-5-3-2-4-13(14)17(18,19)20/h2-7,10,21H,8-9H2,1H3. The molecule has 2 aromatic rings. The summed E-state index contributed by atoms with van der Waals surface area (Å²) in [6.07, 6.45) is -5.03. The molecule has 29 heavy (non-hydrogen) atoms. The molecule has 0 spiro atoms. The van der Waals surface area contributed by atoms with E-state index >= 15 is 0 Å². The van der Waals surface area contributed by atoms with Crippen molar-refractivity contribution in [3.8, 4) is 0 Å². The Kier molecular flexibility index (Phi) is 5.11. The van der Waals surface area contributed by atoms with E-state index in [4.69, 9.17) is 0 Å². The topological polar surface area (TPSA) is 101 Å². The molecule has 0 aliphatic carbocycles. The molecule has 0 aromatic heterocycles. The van der Waals surface area contributed by atoms with Crippen molar-refractivity contribution in [2.45, 2.75) is 24.4 Å². The molecule has 1 amide bonds. The van der Waals surface area contributed by atoms with Crippen LogP contribution in [0.5, 0.6) is 0 Å². The molecule has 1 N–H and O–H groups in total. The van der Waals surface area contributed by atoms with E-state index in [1.54, 1.807) is 0 Å². The largest absolute Gasteiger partial charge is 0.418 e. The molecular weight excluding hydrogens is 433 g/mol. The molecule has 2 aromatic carbocycles. The van der Waals surface area contributed by atoms with Crippen LogP contribution >= 0.6 is 0 Å². The van der Waals surface area contributed by atoms with Crippen molar-refractivity contribution in [2.24, 2.45) is 0 Å². The van der Waals surface area contributed by atoms with Crippen molar-refractivity contribution < 1.29 is 34.8 Å². The molecular formula is C17H15F3N2O5S2. The Morgan fingerprint density at radius 2 is 1.76 bits per heavy atom. The van der Waals surface area contributed by atoms with Gasteiger partial charge in [0.25, 0.3) is 10.0 Å². The molecule has 1 fully saturated rings. The highest BCUT2D eigenvalue weighted by atomic mass is 32.2. The van der Waals surface area contributed by atoms with Gasteiger partial charge in [-0.2, -0.15) is 13.2 Å². The number of hydrogen-bond donors (Lipinski definition) is 1. The maximum Gasteiger partial charge on any atom is 0.418 e. The van der Waals surface area contributed by atoms with E-state index in [-0.39, 0.29) is 17.7 Å². The first-order valence-electron chi connectivity index (χ1n) is 8.18. The van der Waals surface area contributed by atoms with E-state index < -0.39 is 54.0 Å². The van der Waals surface area contributed by atoms with Crippen LogP contribution in [0.2, 0.25) is 0 Å². The van der Waals surface area contributed by atoms with Crippen molar-refractivity contribution in [3.05, 3.63) is 53.6 Å². The van der Waals surface area contributed by atoms with Gasteiger partial charge < -0.3 is 0 Å². The number of nitrogens with one attached hydrogen (secondary N) is 1. The number of halogens is 3. The van der Waals surface area contributed by atoms with Crippen molar-refractivity contribution in [2.75, 3.05) is 14.8 Å². The molecule has 0 saturated carbocycles. The maximum absolute atomic E-state index is 13.2. The van der Waals surface area contributed by atoms with Crippen LogP contribution < -0.4 is 9.03 Å². The van der Waals surface area contributed by atoms with Crippen LogP contribution in [-0.2, 0) is 31.0 Å². The fourth-order valence-corrected chi connectivity index (χ4v) is 5.69. The Morgan fingerprint density at radius 1 is 1.10 bits per heavy atom. The molecule has 3 rings (SSSR count). The number of rotatable bonds is 4. The zero-order valence-electron chi connectivity index (χ0n) is 14.9. The Labute approximate surface area is 165 Å². The third kappa shape index (κ3) is 4.08. The molecule has 0 atom stereocenters. The summed E-state index contributed by atoms with van der Waals surface area (Å²) in [6, 6.07) is 7.56. The van der Waals surface area contributed by atoms with Gasteiger partial charge in [0.2, 0.25) is 15.9 Å². The third-order valence-corrected chi connectivity index (χ3v) is 7.45. The van der Waals surface area contributed by atoms with Gasteiger partial charge in [-0.3, -0.25) is 9.52 Å². The molecule has 1 saturated heterocycles. The number of hydrogen-bond acceptors (Lipinski definition) is 5. The fourth-order valence-electron chi connectivity index (χ4n) is 2.89. The predicted octanol–water partition coefficient (Wildman–Crippen LogP) is 2.88. The number of aryl methyl sites for hydroxylation is 1. The first-order chi connectivity index (χ1) is 13.3. The monoisotopic (exact) mass is 448 g/mol. The number of carbonyl (C=O) groups excluding carboxylic acids is 1. The van der Waals surface area contributed by atoms with Crippen molar-refractivity contribution in [1.82, 2.24) is 0 Å². The summed E-state index contributed by atoms with van der Waals surface area (Å²) in [7, 11) is -8.45. The number of amides is 1. The lowest BCUT2D eigenvalue weighted by Crippen LogP contribution is -2.29. The zero-order valence-corrected chi connectivity index (χ0v) is 16.5. The highest BCUT2D eigenvalue weighted by Crippen LogP contribution is 2.36. The second-order valence-corrected chi connectivity index (χ2v) is 9.91. The predicted molar refractivity (Wildman–Crippen MR) is 99.3 cm³/mol. The molecule has 0 radical (unpaired) electrons. The van der Waals surface area contributed by atoms with E-state index in [0.717, 1.165) is 24.3 Å². The molecule has 0 unspecified atom stereocenters. The van der Waals surface area contributed by atoms with Gasteiger partial charge in [0.05, 0.1) is 27.6 Å². The van der Waals surface area contributed by atoms with E-state index in [9.17, 15) is 34.8 Å². The summed E-state index contributed by atoms with van der Waals surface area (Å²) in [4.78, 5) is 11.5. The molecule has 156 valence electrons. The van der Waals surface area contributed by atoms with Crippen LogP contribution in [0.25, 0.3) is 0 Å². The Balaban J connectivity index is 2.06. The minimum Gasteiger partial charge on any atom is -0.279 e. The average Bonchev–Trinajstić information content (AvgIpc) is 2.87. The Bertz CT molecular complexity index is 1190. The quantitative estimate of drug-likeness (QED) is 0.775. The lowest BCUT2D eigenvalue weighted by Gasteiger charge is -2.18. The summed E-state index contributed by atoms with van der Waals surface area (Å²) in [5.41, 5.74) is -1.87. The van der Waals surface area contributed by atoms with Crippen LogP contribution in [0.1, 0.15) is 17.5 Å². The second-order valence-electron chi connectivity index (χ2n) is 6.32. The minimum atomic E-state index is -4.79. The summed E-state index contributed by atoms with van der Waals surface area (Å²) >= 11 is 0. The normalized spacial score (nSPS) is 16.8. The lowest BCUT2D eigenvalue weighted by molar-refractivity contribution is -0.136. The van der Waals surface area contributed by atoms with E-state index in [2.05, 4.69) is 0 Å². The van der Waals surface area contributed by atoms with E-state index in [0.29, 0.717) is 4.31 Å². The molecule has 0 bridgehead atoms. The van der Waals surface area contributed by atoms with Gasteiger partial charge >= 0.3 is 6.18 Å². The Hall–Kier alpha value is -2.60. The van der Waals surface area contributed by atoms with E-state index in [1.165, 1.54) is 25.1 Å². The number of sulfonamides is 2. The van der Waals surface area contributed by atoms with Gasteiger partial charge in [-0.05, 0) is 36.8 Å². The number of para-hydroxylation sites is 1. The van der Waals surface area contributed by atoms with Gasteiger partial charge in [-0.25, -0.2) is 21.1 Å². The third-order valence-electron chi connectivity index (χ3n) is 4.25. The van der Waals surface area contributed by atoms with Crippen LogP contribution in [0.3, 0.4) is 0 Å². The van der Waals surface area contributed by atoms with Gasteiger partial charge in [0.15, 0.2) is 0 Å². The fraction of sp³-hybridized carbons (Fsp3) is 0.235. The van der Waals surface area contributed by atoms with Gasteiger partial charge in [-0.15, -0.1) is 0 Å². The number of nitrogens with zero attached hydrogens (tertiary/aromatic N) is 1. The average molecular weight is 448 g/mol. The molecule has 1 aliphatic heterocycles.